The number of ether oxygens (including phenoxy) is 1. The molecular weight excluding hydrogens is 252 g/mol. The van der Waals surface area contributed by atoms with Gasteiger partial charge in [0.2, 0.25) is 0 Å². The van der Waals surface area contributed by atoms with Crippen molar-refractivity contribution < 1.29 is 4.74 Å². The number of pyridine rings is 1. The quantitative estimate of drug-likeness (QED) is 0.738. The molecule has 5 nitrogen and oxygen atoms in total. The molecule has 5 heteroatoms. The highest BCUT2D eigenvalue weighted by molar-refractivity contribution is 5.96. The summed E-state index contributed by atoms with van der Waals surface area (Å²) in [4.78, 5) is 4.10. The van der Waals surface area contributed by atoms with Gasteiger partial charge in [0.25, 0.3) is 0 Å². The van der Waals surface area contributed by atoms with E-state index >= 15 is 0 Å². The fourth-order valence-corrected chi connectivity index (χ4v) is 2.15. The van der Waals surface area contributed by atoms with E-state index in [1.165, 1.54) is 0 Å². The summed E-state index contributed by atoms with van der Waals surface area (Å²) in [5.41, 5.74) is 6.65. The molecule has 0 amide bonds. The molecule has 0 aliphatic rings. The molecule has 0 spiro atoms. The summed E-state index contributed by atoms with van der Waals surface area (Å²) in [6, 6.07) is 5.60. The number of hydrogen-bond donors (Lipinski definition) is 1. The lowest BCUT2D eigenvalue weighted by Gasteiger charge is -2.08. The predicted octanol–water partition coefficient (Wildman–Crippen LogP) is 3.22. The number of nitrogens with zero attached hydrogens (tertiary/aromatic N) is 3. The van der Waals surface area contributed by atoms with E-state index in [9.17, 15) is 0 Å². The second-order valence-corrected chi connectivity index (χ2v) is 4.62. The average Bonchev–Trinajstić information content (AvgIpc) is 2.90. The highest BCUT2D eigenvalue weighted by Crippen LogP contribution is 2.32. The number of aromatic nitrogens is 3. The fourth-order valence-electron chi connectivity index (χ4n) is 2.15. The predicted molar refractivity (Wildman–Crippen MR) is 78.7 cm³/mol. The van der Waals surface area contributed by atoms with E-state index in [1.807, 2.05) is 29.1 Å². The van der Waals surface area contributed by atoms with E-state index in [4.69, 9.17) is 10.5 Å². The minimum Gasteiger partial charge on any atom is -0.453 e. The summed E-state index contributed by atoms with van der Waals surface area (Å²) in [6.45, 7) is 3.00. The van der Waals surface area contributed by atoms with Crippen LogP contribution in [0.1, 0.15) is 13.3 Å². The second-order valence-electron chi connectivity index (χ2n) is 4.62. The monoisotopic (exact) mass is 268 g/mol. The number of benzene rings is 1. The standard InChI is InChI=1S/C15H16N4O/c1-2-7-19-10-11(8-18-19)20-15-4-3-14(16)13-9-17-6-5-12(13)15/h3-6,8-10H,2,7,16H2,1H3. The Balaban J connectivity index is 1.96. The Bertz CT molecular complexity index is 736. The highest BCUT2D eigenvalue weighted by atomic mass is 16.5. The van der Waals surface area contributed by atoms with Crippen LogP contribution in [0.25, 0.3) is 10.8 Å². The summed E-state index contributed by atoms with van der Waals surface area (Å²) in [7, 11) is 0. The molecule has 1 aromatic carbocycles. The Morgan fingerprint density at radius 3 is 2.95 bits per heavy atom. The van der Waals surface area contributed by atoms with E-state index < -0.39 is 0 Å². The zero-order valence-corrected chi connectivity index (χ0v) is 11.3. The summed E-state index contributed by atoms with van der Waals surface area (Å²) < 4.78 is 7.78. The lowest BCUT2D eigenvalue weighted by atomic mass is 10.1. The minimum atomic E-state index is 0.696. The molecule has 0 saturated carbocycles. The summed E-state index contributed by atoms with van der Waals surface area (Å²) in [5, 5.41) is 6.10. The van der Waals surface area contributed by atoms with Gasteiger partial charge in [-0.2, -0.15) is 5.10 Å². The number of nitrogens with two attached hydrogens (primary N) is 1. The van der Waals surface area contributed by atoms with Gasteiger partial charge in [-0.15, -0.1) is 0 Å². The Labute approximate surface area is 117 Å². The minimum absolute atomic E-state index is 0.696. The van der Waals surface area contributed by atoms with Crippen LogP contribution in [0.4, 0.5) is 5.69 Å². The molecule has 0 saturated heterocycles. The highest BCUT2D eigenvalue weighted by Gasteiger charge is 2.07. The third kappa shape index (κ3) is 2.30. The van der Waals surface area contributed by atoms with Crippen LogP contribution >= 0.6 is 0 Å². The number of hydrogen-bond acceptors (Lipinski definition) is 4. The van der Waals surface area contributed by atoms with Crippen LogP contribution < -0.4 is 10.5 Å². The average molecular weight is 268 g/mol. The van der Waals surface area contributed by atoms with Crippen LogP contribution in [0.15, 0.2) is 43.0 Å². The van der Waals surface area contributed by atoms with Gasteiger partial charge >= 0.3 is 0 Å². The molecule has 0 aliphatic heterocycles. The van der Waals surface area contributed by atoms with E-state index in [0.29, 0.717) is 5.69 Å². The molecule has 3 aromatic rings. The lowest BCUT2D eigenvalue weighted by molar-refractivity contribution is 0.486. The van der Waals surface area contributed by atoms with Gasteiger partial charge in [-0.25, -0.2) is 0 Å². The first-order valence-electron chi connectivity index (χ1n) is 6.60. The third-order valence-corrected chi connectivity index (χ3v) is 3.10. The van der Waals surface area contributed by atoms with Crippen molar-refractivity contribution in [2.75, 3.05) is 5.73 Å². The van der Waals surface area contributed by atoms with Crippen LogP contribution in [0.5, 0.6) is 11.5 Å². The summed E-state index contributed by atoms with van der Waals surface area (Å²) in [6.07, 6.45) is 8.14. The lowest BCUT2D eigenvalue weighted by Crippen LogP contribution is -1.95. The Hall–Kier alpha value is -2.56. The molecule has 3 rings (SSSR count). The second kappa shape index (κ2) is 5.21. The van der Waals surface area contributed by atoms with E-state index in [2.05, 4.69) is 17.0 Å². The first kappa shape index (κ1) is 12.5. The molecule has 0 aliphatic carbocycles. The Morgan fingerprint density at radius 1 is 1.20 bits per heavy atom. The van der Waals surface area contributed by atoms with Crippen molar-refractivity contribution in [3.05, 3.63) is 43.0 Å². The maximum absolute atomic E-state index is 5.95. The first-order valence-corrected chi connectivity index (χ1v) is 6.60. The number of aryl methyl sites for hydroxylation is 1. The van der Waals surface area contributed by atoms with E-state index in [0.717, 1.165) is 35.2 Å². The van der Waals surface area contributed by atoms with Gasteiger partial charge in [-0.3, -0.25) is 9.67 Å². The van der Waals surface area contributed by atoms with Crippen molar-refractivity contribution in [2.45, 2.75) is 19.9 Å². The van der Waals surface area contributed by atoms with Gasteiger partial charge in [0.1, 0.15) is 5.75 Å². The molecule has 0 atom stereocenters. The normalized spacial score (nSPS) is 10.8. The van der Waals surface area contributed by atoms with Crippen LogP contribution in [0, 0.1) is 0 Å². The topological polar surface area (TPSA) is 66.0 Å². The van der Waals surface area contributed by atoms with Crippen molar-refractivity contribution in [2.24, 2.45) is 0 Å². The first-order chi connectivity index (χ1) is 9.78. The molecule has 0 radical (unpaired) electrons. The van der Waals surface area contributed by atoms with Crippen LogP contribution in [-0.2, 0) is 6.54 Å². The zero-order valence-electron chi connectivity index (χ0n) is 11.3. The maximum atomic E-state index is 5.95. The van der Waals surface area contributed by atoms with Gasteiger partial charge in [0.15, 0.2) is 5.75 Å². The van der Waals surface area contributed by atoms with Crippen LogP contribution in [0.3, 0.4) is 0 Å². The Kier molecular flexibility index (Phi) is 3.25. The van der Waals surface area contributed by atoms with Crippen molar-refractivity contribution in [3.8, 4) is 11.5 Å². The molecule has 0 fully saturated rings. The van der Waals surface area contributed by atoms with Gasteiger partial charge in [0, 0.05) is 35.4 Å². The van der Waals surface area contributed by atoms with Crippen molar-refractivity contribution in [3.63, 3.8) is 0 Å². The molecular formula is C15H16N4O. The van der Waals surface area contributed by atoms with Gasteiger partial charge in [-0.05, 0) is 24.6 Å². The molecule has 0 unspecified atom stereocenters. The van der Waals surface area contributed by atoms with Crippen molar-refractivity contribution in [1.29, 1.82) is 0 Å². The number of anilines is 1. The molecule has 102 valence electrons. The Morgan fingerprint density at radius 2 is 2.10 bits per heavy atom. The molecule has 2 N–H and O–H groups in total. The molecule has 0 bridgehead atoms. The van der Waals surface area contributed by atoms with Crippen LogP contribution in [-0.4, -0.2) is 14.8 Å². The fraction of sp³-hybridized carbons (Fsp3) is 0.200. The molecule has 20 heavy (non-hydrogen) atoms. The molecule has 2 heterocycles. The summed E-state index contributed by atoms with van der Waals surface area (Å²) in [5.74, 6) is 1.48. The number of fused-ring (bicyclic) bond motifs is 1. The third-order valence-electron chi connectivity index (χ3n) is 3.10. The molecule has 2 aromatic heterocycles. The van der Waals surface area contributed by atoms with Crippen molar-refractivity contribution >= 4 is 16.5 Å². The van der Waals surface area contributed by atoms with E-state index in [1.54, 1.807) is 18.6 Å². The maximum Gasteiger partial charge on any atom is 0.165 e. The van der Waals surface area contributed by atoms with Gasteiger partial charge in [0.05, 0.1) is 12.4 Å². The zero-order chi connectivity index (χ0) is 13.9. The van der Waals surface area contributed by atoms with E-state index in [-0.39, 0.29) is 0 Å². The number of nitrogen functional groups attached to an aromatic ring is 1. The van der Waals surface area contributed by atoms with Gasteiger partial charge < -0.3 is 10.5 Å². The van der Waals surface area contributed by atoms with Crippen molar-refractivity contribution in [1.82, 2.24) is 14.8 Å². The van der Waals surface area contributed by atoms with Crippen LogP contribution in [0.2, 0.25) is 0 Å². The van der Waals surface area contributed by atoms with Gasteiger partial charge in [-0.1, -0.05) is 6.92 Å². The number of rotatable bonds is 4. The SMILES string of the molecule is CCCn1cc(Oc2ccc(N)c3cnccc23)cn1. The largest absolute Gasteiger partial charge is 0.453 e. The smallest absolute Gasteiger partial charge is 0.165 e. The summed E-state index contributed by atoms with van der Waals surface area (Å²) >= 11 is 0.